The van der Waals surface area contributed by atoms with Crippen LogP contribution in [0.2, 0.25) is 0 Å². The number of nitrogens with one attached hydrogen (secondary N) is 1. The van der Waals surface area contributed by atoms with Crippen LogP contribution in [0, 0.1) is 0 Å². The molecule has 7 heteroatoms. The van der Waals surface area contributed by atoms with Crippen molar-refractivity contribution in [3.05, 3.63) is 41.1 Å². The van der Waals surface area contributed by atoms with Gasteiger partial charge >= 0.3 is 6.18 Å². The monoisotopic (exact) mass is 313 g/mol. The van der Waals surface area contributed by atoms with Crippen molar-refractivity contribution in [1.29, 1.82) is 0 Å². The first-order valence-electron chi connectivity index (χ1n) is 6.52. The number of para-hydroxylation sites is 1. The predicted octanol–water partition coefficient (Wildman–Crippen LogP) is 3.72. The van der Waals surface area contributed by atoms with E-state index < -0.39 is 11.7 Å². The zero-order chi connectivity index (χ0) is 15.0. The van der Waals surface area contributed by atoms with Gasteiger partial charge in [0.25, 0.3) is 0 Å². The van der Waals surface area contributed by atoms with Crippen LogP contribution in [0.25, 0.3) is 5.69 Å². The molecule has 0 saturated heterocycles. The van der Waals surface area contributed by atoms with E-state index >= 15 is 0 Å². The molecule has 1 aliphatic rings. The summed E-state index contributed by atoms with van der Waals surface area (Å²) in [5.41, 5.74) is 1.29. The zero-order valence-electron chi connectivity index (χ0n) is 11.4. The van der Waals surface area contributed by atoms with Crippen molar-refractivity contribution in [2.24, 2.45) is 0 Å². The van der Waals surface area contributed by atoms with Gasteiger partial charge < -0.3 is 5.32 Å². The van der Waals surface area contributed by atoms with Crippen LogP contribution in [-0.4, -0.2) is 22.6 Å². The molecule has 112 valence electrons. The molecule has 0 saturated carbocycles. The van der Waals surface area contributed by atoms with Gasteiger partial charge in [0, 0.05) is 17.9 Å². The van der Waals surface area contributed by atoms with Gasteiger partial charge in [0.1, 0.15) is 5.82 Å². The van der Waals surface area contributed by atoms with Gasteiger partial charge in [-0.25, -0.2) is 4.68 Å². The Bertz CT molecular complexity index is 664. The first-order valence-corrected chi connectivity index (χ1v) is 7.92. The maximum atomic E-state index is 13.2. The van der Waals surface area contributed by atoms with Crippen LogP contribution in [-0.2, 0) is 18.3 Å². The van der Waals surface area contributed by atoms with Crippen molar-refractivity contribution in [3.8, 4) is 5.69 Å². The number of fused-ring (bicyclic) bond motifs is 1. The summed E-state index contributed by atoms with van der Waals surface area (Å²) < 4.78 is 40.9. The van der Waals surface area contributed by atoms with Gasteiger partial charge in [-0.05, 0) is 24.8 Å². The number of alkyl halides is 3. The largest absolute Gasteiger partial charge is 0.418 e. The number of rotatable bonds is 3. The van der Waals surface area contributed by atoms with Crippen molar-refractivity contribution in [2.45, 2.75) is 18.3 Å². The second-order valence-electron chi connectivity index (χ2n) is 4.81. The van der Waals surface area contributed by atoms with Crippen molar-refractivity contribution in [1.82, 2.24) is 9.78 Å². The highest BCUT2D eigenvalue weighted by Gasteiger charge is 2.35. The topological polar surface area (TPSA) is 29.9 Å². The van der Waals surface area contributed by atoms with E-state index in [1.165, 1.54) is 16.8 Å². The molecule has 0 amide bonds. The molecule has 1 aromatic carbocycles. The molecule has 1 aliphatic heterocycles. The first kappa shape index (κ1) is 14.3. The van der Waals surface area contributed by atoms with Crippen LogP contribution in [0.5, 0.6) is 0 Å². The molecular weight excluding hydrogens is 299 g/mol. The van der Waals surface area contributed by atoms with Crippen LogP contribution < -0.4 is 5.32 Å². The van der Waals surface area contributed by atoms with Crippen LogP contribution in [0.1, 0.15) is 16.8 Å². The summed E-state index contributed by atoms with van der Waals surface area (Å²) in [5.74, 6) is 1.39. The van der Waals surface area contributed by atoms with E-state index in [0.29, 0.717) is 11.6 Å². The SMILES string of the molecule is CSCc1nn(-c2ccccc2C(F)(F)F)c2c1CCN2. The Morgan fingerprint density at radius 3 is 2.81 bits per heavy atom. The molecule has 0 bridgehead atoms. The van der Waals surface area contributed by atoms with Gasteiger partial charge in [-0.3, -0.25) is 0 Å². The fraction of sp³-hybridized carbons (Fsp3) is 0.357. The summed E-state index contributed by atoms with van der Waals surface area (Å²) in [4.78, 5) is 0. The van der Waals surface area contributed by atoms with E-state index in [1.54, 1.807) is 17.8 Å². The normalized spacial score (nSPS) is 14.1. The molecule has 0 spiro atoms. The minimum absolute atomic E-state index is 0.0722. The van der Waals surface area contributed by atoms with Gasteiger partial charge in [0.05, 0.1) is 16.9 Å². The molecule has 1 aromatic heterocycles. The number of anilines is 1. The Hall–Kier alpha value is -1.63. The Morgan fingerprint density at radius 1 is 1.33 bits per heavy atom. The number of thioether (sulfide) groups is 1. The average molecular weight is 313 g/mol. The molecule has 3 rings (SSSR count). The lowest BCUT2D eigenvalue weighted by molar-refractivity contribution is -0.137. The lowest BCUT2D eigenvalue weighted by Gasteiger charge is -2.14. The van der Waals surface area contributed by atoms with Crippen LogP contribution in [0.4, 0.5) is 19.0 Å². The molecular formula is C14H14F3N3S. The maximum absolute atomic E-state index is 13.2. The van der Waals surface area contributed by atoms with E-state index in [4.69, 9.17) is 0 Å². The van der Waals surface area contributed by atoms with Crippen LogP contribution in [0.3, 0.4) is 0 Å². The quantitative estimate of drug-likeness (QED) is 0.936. The number of benzene rings is 1. The standard InChI is InChI=1S/C14H14F3N3S/c1-21-8-11-9-6-7-18-13(9)20(19-11)12-5-3-2-4-10(12)14(15,16)17/h2-5,18H,6-8H2,1H3. The van der Waals surface area contributed by atoms with E-state index in [-0.39, 0.29) is 5.69 Å². The molecule has 0 unspecified atom stereocenters. The Labute approximate surface area is 124 Å². The molecule has 3 nitrogen and oxygen atoms in total. The third-order valence-electron chi connectivity index (χ3n) is 3.45. The van der Waals surface area contributed by atoms with Crippen LogP contribution >= 0.6 is 11.8 Å². The second-order valence-corrected chi connectivity index (χ2v) is 5.68. The van der Waals surface area contributed by atoms with E-state index in [9.17, 15) is 13.2 Å². The number of hydrogen-bond acceptors (Lipinski definition) is 3. The minimum Gasteiger partial charge on any atom is -0.369 e. The summed E-state index contributed by atoms with van der Waals surface area (Å²) in [6.45, 7) is 0.739. The third kappa shape index (κ3) is 2.50. The molecule has 2 heterocycles. The number of aromatic nitrogens is 2. The Morgan fingerprint density at radius 2 is 2.10 bits per heavy atom. The van der Waals surface area contributed by atoms with Gasteiger partial charge in [0.15, 0.2) is 0 Å². The summed E-state index contributed by atoms with van der Waals surface area (Å²) >= 11 is 1.61. The molecule has 21 heavy (non-hydrogen) atoms. The molecule has 2 aromatic rings. The van der Waals surface area contributed by atoms with E-state index in [2.05, 4.69) is 10.4 Å². The number of nitrogens with zero attached hydrogens (tertiary/aromatic N) is 2. The predicted molar refractivity (Wildman–Crippen MR) is 78.0 cm³/mol. The van der Waals surface area contributed by atoms with Gasteiger partial charge in [-0.1, -0.05) is 12.1 Å². The molecule has 0 atom stereocenters. The van der Waals surface area contributed by atoms with Crippen molar-refractivity contribution in [2.75, 3.05) is 18.1 Å². The van der Waals surface area contributed by atoms with Crippen molar-refractivity contribution in [3.63, 3.8) is 0 Å². The summed E-state index contributed by atoms with van der Waals surface area (Å²) in [6, 6.07) is 5.54. The Balaban J connectivity index is 2.16. The number of halogens is 3. The summed E-state index contributed by atoms with van der Waals surface area (Å²) in [6.07, 6.45) is -1.63. The van der Waals surface area contributed by atoms with Gasteiger partial charge in [-0.2, -0.15) is 30.0 Å². The highest BCUT2D eigenvalue weighted by Crippen LogP contribution is 2.37. The lowest BCUT2D eigenvalue weighted by Crippen LogP contribution is -2.13. The summed E-state index contributed by atoms with van der Waals surface area (Å²) in [5, 5.41) is 7.55. The lowest BCUT2D eigenvalue weighted by atomic mass is 10.1. The molecule has 0 fully saturated rings. The Kier molecular flexibility index (Phi) is 3.61. The average Bonchev–Trinajstić information content (AvgIpc) is 3.02. The molecule has 0 aliphatic carbocycles. The zero-order valence-corrected chi connectivity index (χ0v) is 12.2. The van der Waals surface area contributed by atoms with Gasteiger partial charge in [-0.15, -0.1) is 0 Å². The third-order valence-corrected chi connectivity index (χ3v) is 4.01. The van der Waals surface area contributed by atoms with E-state index in [1.807, 2.05) is 6.26 Å². The summed E-state index contributed by atoms with van der Waals surface area (Å²) in [7, 11) is 0. The number of hydrogen-bond donors (Lipinski definition) is 1. The van der Waals surface area contributed by atoms with Crippen molar-refractivity contribution < 1.29 is 13.2 Å². The van der Waals surface area contributed by atoms with Gasteiger partial charge in [0.2, 0.25) is 0 Å². The van der Waals surface area contributed by atoms with Crippen LogP contribution in [0.15, 0.2) is 24.3 Å². The highest BCUT2D eigenvalue weighted by atomic mass is 32.2. The van der Waals surface area contributed by atoms with Crippen molar-refractivity contribution >= 4 is 17.6 Å². The highest BCUT2D eigenvalue weighted by molar-refractivity contribution is 7.97. The fourth-order valence-corrected chi connectivity index (χ4v) is 3.08. The fourth-order valence-electron chi connectivity index (χ4n) is 2.57. The second kappa shape index (κ2) is 5.29. The van der Waals surface area contributed by atoms with E-state index in [0.717, 1.165) is 30.3 Å². The molecule has 0 radical (unpaired) electrons. The minimum atomic E-state index is -4.40. The molecule has 1 N–H and O–H groups in total. The first-order chi connectivity index (χ1) is 10.0. The maximum Gasteiger partial charge on any atom is 0.418 e. The smallest absolute Gasteiger partial charge is 0.369 e.